The summed E-state index contributed by atoms with van der Waals surface area (Å²) in [7, 11) is 0. The van der Waals surface area contributed by atoms with Crippen LogP contribution in [0.1, 0.15) is 30.4 Å². The summed E-state index contributed by atoms with van der Waals surface area (Å²) in [6.07, 6.45) is -0.410. The SMILES string of the molecule is NC1C=C(c2ccc(C(F)(F)F)c(F)c2)CCC1. The Morgan fingerprint density at radius 3 is 2.50 bits per heavy atom. The highest BCUT2D eigenvalue weighted by atomic mass is 19.4. The lowest BCUT2D eigenvalue weighted by Crippen LogP contribution is -2.20. The highest BCUT2D eigenvalue weighted by Gasteiger charge is 2.34. The van der Waals surface area contributed by atoms with E-state index in [4.69, 9.17) is 5.73 Å². The topological polar surface area (TPSA) is 26.0 Å². The number of benzene rings is 1. The van der Waals surface area contributed by atoms with Crippen molar-refractivity contribution >= 4 is 5.57 Å². The molecule has 0 fully saturated rings. The molecule has 0 aromatic heterocycles. The van der Waals surface area contributed by atoms with Crippen LogP contribution >= 0.6 is 0 Å². The summed E-state index contributed by atoms with van der Waals surface area (Å²) in [5.74, 6) is -1.24. The fourth-order valence-corrected chi connectivity index (χ4v) is 2.14. The third-order valence-corrected chi connectivity index (χ3v) is 3.04. The molecule has 5 heteroatoms. The summed E-state index contributed by atoms with van der Waals surface area (Å²) in [5.41, 5.74) is 5.82. The molecule has 98 valence electrons. The number of hydrogen-bond donors (Lipinski definition) is 1. The van der Waals surface area contributed by atoms with Gasteiger partial charge >= 0.3 is 6.18 Å². The van der Waals surface area contributed by atoms with Crippen molar-refractivity contribution in [2.24, 2.45) is 5.73 Å². The van der Waals surface area contributed by atoms with E-state index in [1.54, 1.807) is 6.08 Å². The maximum Gasteiger partial charge on any atom is 0.419 e. The van der Waals surface area contributed by atoms with Crippen molar-refractivity contribution in [3.63, 3.8) is 0 Å². The van der Waals surface area contributed by atoms with Gasteiger partial charge < -0.3 is 5.73 Å². The minimum absolute atomic E-state index is 0.0981. The lowest BCUT2D eigenvalue weighted by Gasteiger charge is -2.18. The van der Waals surface area contributed by atoms with Crippen LogP contribution in [-0.4, -0.2) is 6.04 Å². The average molecular weight is 259 g/mol. The second-order valence-electron chi connectivity index (χ2n) is 4.44. The van der Waals surface area contributed by atoms with E-state index in [0.717, 1.165) is 37.0 Å². The van der Waals surface area contributed by atoms with Crippen molar-refractivity contribution in [3.05, 3.63) is 41.2 Å². The van der Waals surface area contributed by atoms with Crippen molar-refractivity contribution in [3.8, 4) is 0 Å². The standard InChI is InChI=1S/C13H13F4N/c14-12-7-9(4-5-11(12)13(15,16)17)8-2-1-3-10(18)6-8/h4-7,10H,1-3,18H2. The van der Waals surface area contributed by atoms with Gasteiger partial charge in [0.1, 0.15) is 5.82 Å². The molecule has 0 heterocycles. The van der Waals surface area contributed by atoms with Gasteiger partial charge in [-0.1, -0.05) is 12.1 Å². The number of alkyl halides is 3. The van der Waals surface area contributed by atoms with Gasteiger partial charge in [0.25, 0.3) is 0 Å². The summed E-state index contributed by atoms with van der Waals surface area (Å²) >= 11 is 0. The summed E-state index contributed by atoms with van der Waals surface area (Å²) in [5, 5.41) is 0. The van der Waals surface area contributed by atoms with Crippen LogP contribution < -0.4 is 5.73 Å². The fourth-order valence-electron chi connectivity index (χ4n) is 2.14. The molecule has 18 heavy (non-hydrogen) atoms. The van der Waals surface area contributed by atoms with E-state index in [-0.39, 0.29) is 6.04 Å². The van der Waals surface area contributed by atoms with Crippen molar-refractivity contribution < 1.29 is 17.6 Å². The quantitative estimate of drug-likeness (QED) is 0.764. The Morgan fingerprint density at radius 2 is 1.94 bits per heavy atom. The molecule has 0 aliphatic heterocycles. The molecule has 1 aliphatic carbocycles. The number of halogens is 4. The predicted molar refractivity (Wildman–Crippen MR) is 61.2 cm³/mol. The van der Waals surface area contributed by atoms with Gasteiger partial charge in [-0.05, 0) is 42.5 Å². The molecule has 1 nitrogen and oxygen atoms in total. The third kappa shape index (κ3) is 2.72. The second-order valence-corrected chi connectivity index (χ2v) is 4.44. The van der Waals surface area contributed by atoms with Gasteiger partial charge in [0.15, 0.2) is 0 Å². The first-order valence-corrected chi connectivity index (χ1v) is 5.71. The molecule has 2 N–H and O–H groups in total. The van der Waals surface area contributed by atoms with Crippen LogP contribution in [-0.2, 0) is 6.18 Å². The smallest absolute Gasteiger partial charge is 0.324 e. The number of allylic oxidation sites excluding steroid dienone is 1. The highest BCUT2D eigenvalue weighted by molar-refractivity contribution is 5.67. The minimum Gasteiger partial charge on any atom is -0.324 e. The van der Waals surface area contributed by atoms with Gasteiger partial charge in [-0.25, -0.2) is 4.39 Å². The molecule has 0 radical (unpaired) electrons. The van der Waals surface area contributed by atoms with E-state index < -0.39 is 17.6 Å². The van der Waals surface area contributed by atoms with E-state index in [1.807, 2.05) is 0 Å². The Kier molecular flexibility index (Phi) is 3.43. The van der Waals surface area contributed by atoms with Crippen molar-refractivity contribution in [1.82, 2.24) is 0 Å². The van der Waals surface area contributed by atoms with E-state index >= 15 is 0 Å². The second kappa shape index (κ2) is 4.72. The zero-order valence-electron chi connectivity index (χ0n) is 9.60. The summed E-state index contributed by atoms with van der Waals surface area (Å²) in [6, 6.07) is 2.92. The zero-order chi connectivity index (χ0) is 13.3. The molecule has 1 unspecified atom stereocenters. The molecule has 0 bridgehead atoms. The number of nitrogens with two attached hydrogens (primary N) is 1. The molecule has 0 spiro atoms. The van der Waals surface area contributed by atoms with E-state index in [2.05, 4.69) is 0 Å². The summed E-state index contributed by atoms with van der Waals surface area (Å²) in [6.45, 7) is 0. The van der Waals surface area contributed by atoms with Gasteiger partial charge in [-0.2, -0.15) is 13.2 Å². The monoisotopic (exact) mass is 259 g/mol. The summed E-state index contributed by atoms with van der Waals surface area (Å²) < 4.78 is 50.6. The van der Waals surface area contributed by atoms with Crippen molar-refractivity contribution in [2.75, 3.05) is 0 Å². The van der Waals surface area contributed by atoms with Crippen LogP contribution in [0.25, 0.3) is 5.57 Å². The molecule has 1 aliphatic rings. The van der Waals surface area contributed by atoms with Crippen LogP contribution in [0.4, 0.5) is 17.6 Å². The molecule has 1 aromatic carbocycles. The Morgan fingerprint density at radius 1 is 1.22 bits per heavy atom. The zero-order valence-corrected chi connectivity index (χ0v) is 9.60. The molecule has 0 amide bonds. The lowest BCUT2D eigenvalue weighted by molar-refractivity contribution is -0.140. The van der Waals surface area contributed by atoms with Crippen LogP contribution in [0.5, 0.6) is 0 Å². The first-order chi connectivity index (χ1) is 8.38. The molecule has 0 saturated heterocycles. The first-order valence-electron chi connectivity index (χ1n) is 5.71. The lowest BCUT2D eigenvalue weighted by atomic mass is 9.91. The predicted octanol–water partition coefficient (Wildman–Crippen LogP) is 3.74. The number of rotatable bonds is 1. The van der Waals surface area contributed by atoms with Crippen LogP contribution in [0, 0.1) is 5.82 Å². The normalized spacial score (nSPS) is 20.7. The Hall–Kier alpha value is -1.36. The maximum atomic E-state index is 13.4. The molecular weight excluding hydrogens is 246 g/mol. The van der Waals surface area contributed by atoms with Crippen LogP contribution in [0.3, 0.4) is 0 Å². The van der Waals surface area contributed by atoms with Gasteiger partial charge in [0.05, 0.1) is 5.56 Å². The fraction of sp³-hybridized carbons (Fsp3) is 0.385. The first kappa shape index (κ1) is 13.1. The van der Waals surface area contributed by atoms with Crippen molar-refractivity contribution in [2.45, 2.75) is 31.5 Å². The van der Waals surface area contributed by atoms with Gasteiger partial charge in [-0.3, -0.25) is 0 Å². The molecular formula is C13H13F4N. The largest absolute Gasteiger partial charge is 0.419 e. The Bertz CT molecular complexity index is 476. The maximum absolute atomic E-state index is 13.4. The highest BCUT2D eigenvalue weighted by Crippen LogP contribution is 2.34. The van der Waals surface area contributed by atoms with Gasteiger partial charge in [0.2, 0.25) is 0 Å². The van der Waals surface area contributed by atoms with Crippen LogP contribution in [0.15, 0.2) is 24.3 Å². The van der Waals surface area contributed by atoms with Gasteiger partial charge in [0, 0.05) is 6.04 Å². The minimum atomic E-state index is -4.65. The van der Waals surface area contributed by atoms with Crippen LogP contribution in [0.2, 0.25) is 0 Å². The molecule has 1 atom stereocenters. The molecule has 0 saturated carbocycles. The third-order valence-electron chi connectivity index (χ3n) is 3.04. The Balaban J connectivity index is 2.35. The van der Waals surface area contributed by atoms with Crippen molar-refractivity contribution in [1.29, 1.82) is 0 Å². The summed E-state index contributed by atoms with van der Waals surface area (Å²) in [4.78, 5) is 0. The number of hydrogen-bond acceptors (Lipinski definition) is 1. The average Bonchev–Trinajstić information content (AvgIpc) is 2.27. The Labute approximate surface area is 102 Å². The molecule has 1 aromatic rings. The van der Waals surface area contributed by atoms with E-state index in [0.29, 0.717) is 5.56 Å². The van der Waals surface area contributed by atoms with Gasteiger partial charge in [-0.15, -0.1) is 0 Å². The van der Waals surface area contributed by atoms with E-state index in [9.17, 15) is 17.6 Å². The van der Waals surface area contributed by atoms with E-state index in [1.165, 1.54) is 6.07 Å². The molecule has 2 rings (SSSR count).